The molecule has 0 fully saturated rings. The molecule has 0 aromatic heterocycles. The molecule has 1 aliphatic rings. The lowest BCUT2D eigenvalue weighted by atomic mass is 9.97. The SMILES string of the molecule is COC(=O)[C@@H](NC(=O)c1ccc(C#Cc2ccc(CNC(=O)OC(C)(C)C)cc2)cc1)[C@@H](C)CC(=O)OCC1c2ccccc2-c2ccccc21. The zero-order valence-electron chi connectivity index (χ0n) is 29.4. The van der Waals surface area contributed by atoms with Gasteiger partial charge in [-0.2, -0.15) is 0 Å². The van der Waals surface area contributed by atoms with Crippen LogP contribution in [0.25, 0.3) is 11.1 Å². The predicted octanol–water partition coefficient (Wildman–Crippen LogP) is 6.76. The Morgan fingerprint density at radius 2 is 1.33 bits per heavy atom. The molecule has 0 spiro atoms. The maximum Gasteiger partial charge on any atom is 0.407 e. The highest BCUT2D eigenvalue weighted by Gasteiger charge is 2.32. The minimum atomic E-state index is -1.07. The van der Waals surface area contributed by atoms with Gasteiger partial charge in [-0.1, -0.05) is 79.4 Å². The van der Waals surface area contributed by atoms with E-state index in [-0.39, 0.29) is 18.9 Å². The molecule has 5 rings (SSSR count). The van der Waals surface area contributed by atoms with Gasteiger partial charge in [-0.3, -0.25) is 9.59 Å². The van der Waals surface area contributed by atoms with E-state index in [1.165, 1.54) is 7.11 Å². The molecule has 0 heterocycles. The van der Waals surface area contributed by atoms with Crippen LogP contribution < -0.4 is 10.6 Å². The number of carbonyl (C=O) groups excluding carboxylic acids is 4. The molecular weight excluding hydrogens is 644 g/mol. The summed E-state index contributed by atoms with van der Waals surface area (Å²) >= 11 is 0. The highest BCUT2D eigenvalue weighted by molar-refractivity contribution is 5.97. The van der Waals surface area contributed by atoms with Gasteiger partial charge in [-0.05, 0) is 90.9 Å². The highest BCUT2D eigenvalue weighted by atomic mass is 16.6. The Hall–Kier alpha value is -5.88. The van der Waals surface area contributed by atoms with Crippen molar-refractivity contribution in [2.45, 2.75) is 58.2 Å². The third kappa shape index (κ3) is 9.64. The molecule has 0 aliphatic heterocycles. The van der Waals surface area contributed by atoms with Crippen LogP contribution in [0.4, 0.5) is 4.79 Å². The Balaban J connectivity index is 1.14. The van der Waals surface area contributed by atoms with E-state index in [1.807, 2.05) is 81.4 Å². The van der Waals surface area contributed by atoms with E-state index in [2.05, 4.69) is 34.6 Å². The third-order valence-corrected chi connectivity index (χ3v) is 8.46. The van der Waals surface area contributed by atoms with Gasteiger partial charge in [0.05, 0.1) is 13.5 Å². The van der Waals surface area contributed by atoms with Gasteiger partial charge in [0.2, 0.25) is 0 Å². The number of fused-ring (bicyclic) bond motifs is 3. The molecule has 9 nitrogen and oxygen atoms in total. The Morgan fingerprint density at radius 3 is 1.88 bits per heavy atom. The van der Waals surface area contributed by atoms with Gasteiger partial charge in [0.1, 0.15) is 18.2 Å². The standard InChI is InChI=1S/C42H42N2O7/c1-27(24-37(45)50-26-36-34-12-8-6-10-32(34)33-11-7-9-13-35(33)36)38(40(47)49-5)44-39(46)31-22-20-29(21-23-31)15-14-28-16-18-30(19-17-28)25-43-41(48)51-42(2,3)4/h6-13,16-23,27,36,38H,24-26H2,1-5H3,(H,43,48)(H,44,46)/t27-,38-/m0/s1. The minimum absolute atomic E-state index is 0.0826. The second-order valence-electron chi connectivity index (χ2n) is 13.4. The molecule has 0 saturated carbocycles. The molecular formula is C42H42N2O7. The van der Waals surface area contributed by atoms with Crippen LogP contribution in [0.15, 0.2) is 97.1 Å². The molecule has 0 bridgehead atoms. The van der Waals surface area contributed by atoms with Gasteiger partial charge in [0.15, 0.2) is 0 Å². The summed E-state index contributed by atoms with van der Waals surface area (Å²) in [6, 6.07) is 29.3. The van der Waals surface area contributed by atoms with E-state index in [1.54, 1.807) is 31.2 Å². The van der Waals surface area contributed by atoms with Gasteiger partial charge in [0, 0.05) is 29.2 Å². The molecule has 9 heteroatoms. The fourth-order valence-electron chi connectivity index (χ4n) is 5.88. The fraction of sp³-hybridized carbons (Fsp3) is 0.286. The van der Waals surface area contributed by atoms with Crippen LogP contribution in [-0.2, 0) is 30.3 Å². The summed E-state index contributed by atoms with van der Waals surface area (Å²) in [6.45, 7) is 7.63. The van der Waals surface area contributed by atoms with Crippen LogP contribution in [0.3, 0.4) is 0 Å². The molecule has 4 aromatic carbocycles. The Labute approximate surface area is 298 Å². The summed E-state index contributed by atoms with van der Waals surface area (Å²) in [5, 5.41) is 5.46. The normalized spacial score (nSPS) is 13.0. The van der Waals surface area contributed by atoms with E-state index in [9.17, 15) is 19.2 Å². The third-order valence-electron chi connectivity index (χ3n) is 8.46. The van der Waals surface area contributed by atoms with Crippen LogP contribution >= 0.6 is 0 Å². The maximum atomic E-state index is 13.2. The van der Waals surface area contributed by atoms with Gasteiger partial charge in [-0.15, -0.1) is 0 Å². The Kier molecular flexibility index (Phi) is 11.6. The van der Waals surface area contributed by atoms with Crippen LogP contribution in [0.1, 0.15) is 78.2 Å². The average molecular weight is 687 g/mol. The monoisotopic (exact) mass is 686 g/mol. The molecule has 1 aliphatic carbocycles. The summed E-state index contributed by atoms with van der Waals surface area (Å²) in [5.41, 5.74) is 6.62. The molecule has 262 valence electrons. The number of alkyl carbamates (subject to hydrolysis) is 1. The predicted molar refractivity (Wildman–Crippen MR) is 194 cm³/mol. The number of rotatable bonds is 10. The first-order valence-electron chi connectivity index (χ1n) is 16.8. The minimum Gasteiger partial charge on any atom is -0.467 e. The topological polar surface area (TPSA) is 120 Å². The van der Waals surface area contributed by atoms with Crippen molar-refractivity contribution in [1.82, 2.24) is 10.6 Å². The summed E-state index contributed by atoms with van der Waals surface area (Å²) < 4.78 is 16.0. The highest BCUT2D eigenvalue weighted by Crippen LogP contribution is 2.44. The smallest absolute Gasteiger partial charge is 0.407 e. The molecule has 51 heavy (non-hydrogen) atoms. The largest absolute Gasteiger partial charge is 0.467 e. The van der Waals surface area contributed by atoms with E-state index in [0.29, 0.717) is 17.7 Å². The van der Waals surface area contributed by atoms with E-state index < -0.39 is 41.5 Å². The van der Waals surface area contributed by atoms with Crippen LogP contribution in [0, 0.1) is 17.8 Å². The molecule has 0 radical (unpaired) electrons. The van der Waals surface area contributed by atoms with Crippen molar-refractivity contribution < 1.29 is 33.4 Å². The average Bonchev–Trinajstić information content (AvgIpc) is 3.44. The second kappa shape index (κ2) is 16.2. The Morgan fingerprint density at radius 1 is 0.784 bits per heavy atom. The first-order valence-corrected chi connectivity index (χ1v) is 16.8. The number of amides is 2. The number of ether oxygens (including phenoxy) is 3. The fourth-order valence-corrected chi connectivity index (χ4v) is 5.88. The van der Waals surface area contributed by atoms with E-state index in [4.69, 9.17) is 14.2 Å². The molecule has 2 atom stereocenters. The van der Waals surface area contributed by atoms with Crippen molar-refractivity contribution in [3.8, 4) is 23.0 Å². The maximum absolute atomic E-state index is 13.2. The first-order chi connectivity index (χ1) is 24.4. The van der Waals surface area contributed by atoms with E-state index >= 15 is 0 Å². The zero-order valence-corrected chi connectivity index (χ0v) is 29.4. The van der Waals surface area contributed by atoms with Crippen molar-refractivity contribution in [1.29, 1.82) is 0 Å². The van der Waals surface area contributed by atoms with Gasteiger partial charge >= 0.3 is 18.0 Å². The molecule has 2 N–H and O–H groups in total. The molecule has 4 aromatic rings. The zero-order chi connectivity index (χ0) is 36.5. The van der Waals surface area contributed by atoms with Crippen LogP contribution in [0.5, 0.6) is 0 Å². The van der Waals surface area contributed by atoms with Gasteiger partial charge < -0.3 is 24.8 Å². The molecule has 0 unspecified atom stereocenters. The Bertz CT molecular complexity index is 1900. The van der Waals surface area contributed by atoms with Crippen molar-refractivity contribution in [3.63, 3.8) is 0 Å². The van der Waals surface area contributed by atoms with Crippen molar-refractivity contribution in [3.05, 3.63) is 130 Å². The number of carbonyl (C=O) groups is 4. The molecule has 2 amide bonds. The van der Waals surface area contributed by atoms with Gasteiger partial charge in [0.25, 0.3) is 5.91 Å². The van der Waals surface area contributed by atoms with E-state index in [0.717, 1.165) is 33.4 Å². The summed E-state index contributed by atoms with van der Waals surface area (Å²) in [5.74, 6) is 3.88. The lowest BCUT2D eigenvalue weighted by Gasteiger charge is -2.23. The van der Waals surface area contributed by atoms with Crippen LogP contribution in [-0.4, -0.2) is 49.3 Å². The summed E-state index contributed by atoms with van der Waals surface area (Å²) in [6.07, 6.45) is -0.571. The first kappa shape index (κ1) is 36.4. The number of nitrogens with one attached hydrogen (secondary N) is 2. The quantitative estimate of drug-likeness (QED) is 0.107. The molecule has 0 saturated heterocycles. The summed E-state index contributed by atoms with van der Waals surface area (Å²) in [4.78, 5) is 50.8. The van der Waals surface area contributed by atoms with Gasteiger partial charge in [-0.25, -0.2) is 9.59 Å². The van der Waals surface area contributed by atoms with Crippen molar-refractivity contribution in [2.75, 3.05) is 13.7 Å². The summed E-state index contributed by atoms with van der Waals surface area (Å²) in [7, 11) is 1.24. The second-order valence-corrected chi connectivity index (χ2v) is 13.4. The lowest BCUT2D eigenvalue weighted by molar-refractivity contribution is -0.147. The number of benzene rings is 4. The lowest BCUT2D eigenvalue weighted by Crippen LogP contribution is -2.46. The van der Waals surface area contributed by atoms with Crippen LogP contribution in [0.2, 0.25) is 0 Å². The number of hydrogen-bond donors (Lipinski definition) is 2. The number of esters is 2. The van der Waals surface area contributed by atoms with Crippen molar-refractivity contribution >= 4 is 23.9 Å². The van der Waals surface area contributed by atoms with Crippen molar-refractivity contribution in [2.24, 2.45) is 5.92 Å². The number of hydrogen-bond acceptors (Lipinski definition) is 7. The number of methoxy groups -OCH3 is 1.